The number of amides is 1. The zero-order valence-electron chi connectivity index (χ0n) is 15.4. The molecule has 3 rings (SSSR count). The highest BCUT2D eigenvalue weighted by Crippen LogP contribution is 2.20. The molecule has 1 atom stereocenters. The molecule has 0 aromatic heterocycles. The monoisotopic (exact) mass is 380 g/mol. The Bertz CT molecular complexity index is 727. The molecule has 2 aliphatic heterocycles. The molecular weight excluding hydrogens is 352 g/mol. The van der Waals surface area contributed by atoms with Crippen LogP contribution in [0.5, 0.6) is 5.75 Å². The number of aryl methyl sites for hydroxylation is 1. The van der Waals surface area contributed by atoms with Crippen molar-refractivity contribution < 1.29 is 17.9 Å². The van der Waals surface area contributed by atoms with Crippen molar-refractivity contribution in [3.8, 4) is 5.75 Å². The molecule has 7 heteroatoms. The molecule has 0 saturated carbocycles. The van der Waals surface area contributed by atoms with E-state index in [2.05, 4.69) is 4.90 Å². The van der Waals surface area contributed by atoms with Crippen molar-refractivity contribution in [3.05, 3.63) is 29.8 Å². The van der Waals surface area contributed by atoms with Gasteiger partial charge in [0.1, 0.15) is 5.75 Å². The highest BCUT2D eigenvalue weighted by Gasteiger charge is 2.34. The van der Waals surface area contributed by atoms with E-state index in [1.165, 1.54) is 0 Å². The lowest BCUT2D eigenvalue weighted by Gasteiger charge is -2.37. The van der Waals surface area contributed by atoms with Crippen molar-refractivity contribution in [2.75, 3.05) is 44.3 Å². The summed E-state index contributed by atoms with van der Waals surface area (Å²) in [5, 5.41) is 0. The summed E-state index contributed by atoms with van der Waals surface area (Å²) < 4.78 is 29.0. The standard InChI is InChI=1S/C19H28N2O4S/c1-16-5-2-3-6-18(16)25-13-4-7-19(22)21-11-9-20(10-12-21)17-8-14-26(23,24)15-17/h2-3,5-6,17H,4,7-15H2,1H3. The zero-order chi connectivity index (χ0) is 18.6. The van der Waals surface area contributed by atoms with E-state index in [1.54, 1.807) is 0 Å². The lowest BCUT2D eigenvalue weighted by Crippen LogP contribution is -2.52. The lowest BCUT2D eigenvalue weighted by molar-refractivity contribution is -0.133. The Morgan fingerprint density at radius 3 is 2.58 bits per heavy atom. The predicted molar refractivity (Wildman–Crippen MR) is 101 cm³/mol. The molecule has 2 saturated heterocycles. The van der Waals surface area contributed by atoms with Crippen molar-refractivity contribution in [2.45, 2.75) is 32.2 Å². The molecule has 2 aliphatic rings. The summed E-state index contributed by atoms with van der Waals surface area (Å²) in [6.45, 7) is 5.46. The number of piperazine rings is 1. The number of benzene rings is 1. The molecule has 0 bridgehead atoms. The minimum absolute atomic E-state index is 0.139. The van der Waals surface area contributed by atoms with E-state index in [-0.39, 0.29) is 17.7 Å². The third kappa shape index (κ3) is 4.98. The number of rotatable bonds is 6. The number of para-hydroxylation sites is 1. The number of hydrogen-bond acceptors (Lipinski definition) is 5. The Labute approximate surface area is 156 Å². The first-order valence-electron chi connectivity index (χ1n) is 9.35. The van der Waals surface area contributed by atoms with Gasteiger partial charge in [-0.15, -0.1) is 0 Å². The third-order valence-corrected chi connectivity index (χ3v) is 7.03. The smallest absolute Gasteiger partial charge is 0.222 e. The second-order valence-corrected chi connectivity index (χ2v) is 9.42. The molecule has 1 aromatic carbocycles. The number of ether oxygens (including phenoxy) is 1. The molecule has 0 aliphatic carbocycles. The number of carbonyl (C=O) groups is 1. The van der Waals surface area contributed by atoms with Crippen LogP contribution in [0.4, 0.5) is 0 Å². The highest BCUT2D eigenvalue weighted by molar-refractivity contribution is 7.91. The minimum Gasteiger partial charge on any atom is -0.493 e. The predicted octanol–water partition coefficient (Wildman–Crippen LogP) is 1.49. The summed E-state index contributed by atoms with van der Waals surface area (Å²) in [5.41, 5.74) is 1.10. The highest BCUT2D eigenvalue weighted by atomic mass is 32.2. The first-order chi connectivity index (χ1) is 12.4. The second kappa shape index (κ2) is 8.39. The number of carbonyl (C=O) groups excluding carboxylic acids is 1. The van der Waals surface area contributed by atoms with E-state index >= 15 is 0 Å². The first kappa shape index (κ1) is 19.2. The van der Waals surface area contributed by atoms with Gasteiger partial charge in [-0.25, -0.2) is 8.42 Å². The summed E-state index contributed by atoms with van der Waals surface area (Å²) >= 11 is 0. The fourth-order valence-corrected chi connectivity index (χ4v) is 5.44. The quantitative estimate of drug-likeness (QED) is 0.700. The zero-order valence-corrected chi connectivity index (χ0v) is 16.2. The van der Waals surface area contributed by atoms with Crippen LogP contribution >= 0.6 is 0 Å². The maximum absolute atomic E-state index is 12.4. The van der Waals surface area contributed by atoms with E-state index in [9.17, 15) is 13.2 Å². The van der Waals surface area contributed by atoms with Gasteiger partial charge < -0.3 is 9.64 Å². The number of hydrogen-bond donors (Lipinski definition) is 0. The Balaban J connectivity index is 1.35. The Kier molecular flexibility index (Phi) is 6.19. The van der Waals surface area contributed by atoms with E-state index in [1.807, 2.05) is 36.1 Å². The maximum atomic E-state index is 12.4. The topological polar surface area (TPSA) is 66.9 Å². The van der Waals surface area contributed by atoms with E-state index in [4.69, 9.17) is 4.74 Å². The molecule has 0 spiro atoms. The van der Waals surface area contributed by atoms with Gasteiger partial charge in [0.15, 0.2) is 9.84 Å². The Hall–Kier alpha value is -1.60. The summed E-state index contributed by atoms with van der Waals surface area (Å²) in [4.78, 5) is 16.5. The van der Waals surface area contributed by atoms with Crippen molar-refractivity contribution in [1.29, 1.82) is 0 Å². The van der Waals surface area contributed by atoms with E-state index in [0.29, 0.717) is 38.3 Å². The first-order valence-corrected chi connectivity index (χ1v) is 11.2. The molecule has 26 heavy (non-hydrogen) atoms. The molecule has 0 N–H and O–H groups in total. The fraction of sp³-hybridized carbons (Fsp3) is 0.632. The minimum atomic E-state index is -2.85. The van der Waals surface area contributed by atoms with Crippen molar-refractivity contribution >= 4 is 15.7 Å². The summed E-state index contributed by atoms with van der Waals surface area (Å²) in [7, 11) is -2.85. The van der Waals surface area contributed by atoms with Crippen molar-refractivity contribution in [3.63, 3.8) is 0 Å². The van der Waals surface area contributed by atoms with Gasteiger partial charge in [0.25, 0.3) is 0 Å². The maximum Gasteiger partial charge on any atom is 0.222 e. The largest absolute Gasteiger partial charge is 0.493 e. The molecule has 6 nitrogen and oxygen atoms in total. The molecule has 1 aromatic rings. The lowest BCUT2D eigenvalue weighted by atomic mass is 10.2. The summed E-state index contributed by atoms with van der Waals surface area (Å²) in [6, 6.07) is 8.02. The van der Waals surface area contributed by atoms with Crippen molar-refractivity contribution in [2.24, 2.45) is 0 Å². The van der Waals surface area contributed by atoms with Gasteiger partial charge in [0, 0.05) is 38.6 Å². The van der Waals surface area contributed by atoms with Crippen LogP contribution in [0.1, 0.15) is 24.8 Å². The van der Waals surface area contributed by atoms with E-state index < -0.39 is 9.84 Å². The van der Waals surface area contributed by atoms with Crippen LogP contribution in [0.15, 0.2) is 24.3 Å². The van der Waals surface area contributed by atoms with Crippen LogP contribution in [0, 0.1) is 6.92 Å². The Morgan fingerprint density at radius 2 is 1.92 bits per heavy atom. The number of sulfone groups is 1. The van der Waals surface area contributed by atoms with E-state index in [0.717, 1.165) is 30.8 Å². The molecule has 1 unspecified atom stereocenters. The van der Waals surface area contributed by atoms with Gasteiger partial charge in [-0.05, 0) is 31.4 Å². The summed E-state index contributed by atoms with van der Waals surface area (Å²) in [5.74, 6) is 1.62. The van der Waals surface area contributed by atoms with Crippen LogP contribution in [0.25, 0.3) is 0 Å². The molecule has 1 amide bonds. The van der Waals surface area contributed by atoms with Crippen LogP contribution < -0.4 is 4.74 Å². The SMILES string of the molecule is Cc1ccccc1OCCCC(=O)N1CCN(C2CCS(=O)(=O)C2)CC1. The van der Waals surface area contributed by atoms with Gasteiger partial charge >= 0.3 is 0 Å². The van der Waals surface area contributed by atoms with Crippen LogP contribution in [0.3, 0.4) is 0 Å². The van der Waals surface area contributed by atoms with Gasteiger partial charge in [0.05, 0.1) is 18.1 Å². The third-order valence-electron chi connectivity index (χ3n) is 5.28. The van der Waals surface area contributed by atoms with Gasteiger partial charge in [-0.1, -0.05) is 18.2 Å². The van der Waals surface area contributed by atoms with Crippen LogP contribution in [0.2, 0.25) is 0 Å². The molecule has 0 radical (unpaired) electrons. The molecule has 2 heterocycles. The number of nitrogens with zero attached hydrogens (tertiary/aromatic N) is 2. The van der Waals surface area contributed by atoms with Crippen molar-refractivity contribution in [1.82, 2.24) is 9.80 Å². The summed E-state index contributed by atoms with van der Waals surface area (Å²) in [6.07, 6.45) is 1.92. The van der Waals surface area contributed by atoms with Crippen LogP contribution in [-0.2, 0) is 14.6 Å². The molecule has 2 fully saturated rings. The fourth-order valence-electron chi connectivity index (χ4n) is 3.68. The van der Waals surface area contributed by atoms with Crippen LogP contribution in [-0.4, -0.2) is 74.5 Å². The molecular formula is C19H28N2O4S. The van der Waals surface area contributed by atoms with Gasteiger partial charge in [-0.2, -0.15) is 0 Å². The second-order valence-electron chi connectivity index (χ2n) is 7.19. The normalized spacial score (nSPS) is 23.1. The van der Waals surface area contributed by atoms with Gasteiger partial charge in [-0.3, -0.25) is 9.69 Å². The average Bonchev–Trinajstić information content (AvgIpc) is 3.00. The molecule has 144 valence electrons. The Morgan fingerprint density at radius 1 is 1.19 bits per heavy atom. The average molecular weight is 381 g/mol. The van der Waals surface area contributed by atoms with Gasteiger partial charge in [0.2, 0.25) is 5.91 Å².